The van der Waals surface area contributed by atoms with Crippen LogP contribution in [0.1, 0.15) is 0 Å². The van der Waals surface area contributed by atoms with Gasteiger partial charge >= 0.3 is 0 Å². The Bertz CT molecular complexity index is 84.9. The fourth-order valence-corrected chi connectivity index (χ4v) is 0.385. The van der Waals surface area contributed by atoms with Crippen LogP contribution < -0.4 is 6.15 Å². The zero-order valence-electron chi connectivity index (χ0n) is 5.40. The molecule has 0 atom stereocenters. The number of hydrogen-bond acceptors (Lipinski definition) is 1. The summed E-state index contributed by atoms with van der Waals surface area (Å²) in [7, 11) is 0. The SMILES string of the molecule is Cl.Cl.Cl.N.c1ccccc1. The molecule has 0 saturated heterocycles. The van der Waals surface area contributed by atoms with E-state index in [1.54, 1.807) is 0 Å². The van der Waals surface area contributed by atoms with E-state index in [1.807, 2.05) is 36.4 Å². The third kappa shape index (κ3) is 10.9. The number of benzene rings is 1. The zero-order chi connectivity index (χ0) is 4.24. The zero-order valence-corrected chi connectivity index (χ0v) is 7.85. The number of hydrogen-bond donors (Lipinski definition) is 1. The lowest BCUT2D eigenvalue weighted by Gasteiger charge is -1.69. The van der Waals surface area contributed by atoms with Crippen molar-refractivity contribution in [1.82, 2.24) is 6.15 Å². The van der Waals surface area contributed by atoms with E-state index in [9.17, 15) is 0 Å². The monoisotopic (exact) mass is 203 g/mol. The van der Waals surface area contributed by atoms with Crippen LogP contribution in [0.15, 0.2) is 36.4 Å². The fourth-order valence-electron chi connectivity index (χ4n) is 0.385. The molecule has 0 bridgehead atoms. The molecule has 1 aromatic carbocycles. The number of rotatable bonds is 0. The molecular formula is C6H12Cl3N. The highest BCUT2D eigenvalue weighted by Gasteiger charge is 1.57. The smallest absolute Gasteiger partial charge is 0.0623 e. The van der Waals surface area contributed by atoms with Gasteiger partial charge < -0.3 is 6.15 Å². The van der Waals surface area contributed by atoms with Gasteiger partial charge in [-0.05, 0) is 0 Å². The summed E-state index contributed by atoms with van der Waals surface area (Å²) in [5.41, 5.74) is 0. The minimum Gasteiger partial charge on any atom is -0.344 e. The third-order valence-corrected chi connectivity index (χ3v) is 0.667. The Hall–Kier alpha value is 0.0500. The minimum atomic E-state index is 0. The number of halogens is 3. The summed E-state index contributed by atoms with van der Waals surface area (Å²) in [4.78, 5) is 0. The van der Waals surface area contributed by atoms with Crippen molar-refractivity contribution in [3.63, 3.8) is 0 Å². The summed E-state index contributed by atoms with van der Waals surface area (Å²) in [6.07, 6.45) is 0. The van der Waals surface area contributed by atoms with Crippen molar-refractivity contribution in [2.45, 2.75) is 0 Å². The van der Waals surface area contributed by atoms with E-state index in [0.717, 1.165) is 0 Å². The van der Waals surface area contributed by atoms with Crippen molar-refractivity contribution in [3.05, 3.63) is 36.4 Å². The van der Waals surface area contributed by atoms with Crippen molar-refractivity contribution in [3.8, 4) is 0 Å². The maximum Gasteiger partial charge on any atom is -0.0623 e. The van der Waals surface area contributed by atoms with Crippen LogP contribution in [0.3, 0.4) is 0 Å². The van der Waals surface area contributed by atoms with Crippen LogP contribution in [0.25, 0.3) is 0 Å². The van der Waals surface area contributed by atoms with Gasteiger partial charge in [-0.25, -0.2) is 0 Å². The molecule has 0 aliphatic rings. The first-order valence-corrected chi connectivity index (χ1v) is 2.00. The summed E-state index contributed by atoms with van der Waals surface area (Å²) >= 11 is 0. The van der Waals surface area contributed by atoms with Crippen molar-refractivity contribution >= 4 is 37.2 Å². The normalized spacial score (nSPS) is 4.80. The van der Waals surface area contributed by atoms with E-state index < -0.39 is 0 Å². The maximum absolute atomic E-state index is 2.00. The van der Waals surface area contributed by atoms with Gasteiger partial charge in [-0.1, -0.05) is 36.4 Å². The standard InChI is InChI=1S/C6H6.3ClH.H3N/c1-2-4-6-5-3-1;;;;/h1-6H;3*1H;1H3. The fraction of sp³-hybridized carbons (Fsp3) is 0. The highest BCUT2D eigenvalue weighted by atomic mass is 35.5. The molecule has 0 radical (unpaired) electrons. The average Bonchev–Trinajstić information content (AvgIpc) is 1.72. The molecule has 4 heteroatoms. The molecule has 1 rings (SSSR count). The van der Waals surface area contributed by atoms with Gasteiger partial charge in [0.15, 0.2) is 0 Å². The highest BCUT2D eigenvalue weighted by Crippen LogP contribution is 1.79. The predicted octanol–water partition coefficient (Wildman–Crippen LogP) is 3.11. The molecule has 62 valence electrons. The summed E-state index contributed by atoms with van der Waals surface area (Å²) in [6, 6.07) is 12.0. The summed E-state index contributed by atoms with van der Waals surface area (Å²) in [5, 5.41) is 0. The molecule has 3 N–H and O–H groups in total. The molecule has 1 aromatic rings. The molecule has 0 spiro atoms. The second-order valence-electron chi connectivity index (χ2n) is 1.15. The molecular weight excluding hydrogens is 192 g/mol. The third-order valence-electron chi connectivity index (χ3n) is 0.667. The van der Waals surface area contributed by atoms with Crippen molar-refractivity contribution in [2.24, 2.45) is 0 Å². The molecule has 0 aliphatic heterocycles. The van der Waals surface area contributed by atoms with E-state index in [2.05, 4.69) is 0 Å². The molecule has 1 nitrogen and oxygen atoms in total. The van der Waals surface area contributed by atoms with Crippen molar-refractivity contribution in [2.75, 3.05) is 0 Å². The second kappa shape index (κ2) is 16.0. The van der Waals surface area contributed by atoms with Gasteiger partial charge in [-0.15, -0.1) is 37.2 Å². The second-order valence-corrected chi connectivity index (χ2v) is 1.15. The van der Waals surface area contributed by atoms with E-state index >= 15 is 0 Å². The lowest BCUT2D eigenvalue weighted by atomic mass is 10.4. The van der Waals surface area contributed by atoms with Crippen LogP contribution in [0.4, 0.5) is 0 Å². The predicted molar refractivity (Wildman–Crippen MR) is 53.2 cm³/mol. The molecule has 10 heavy (non-hydrogen) atoms. The van der Waals surface area contributed by atoms with Gasteiger partial charge in [-0.2, -0.15) is 0 Å². The summed E-state index contributed by atoms with van der Waals surface area (Å²) < 4.78 is 0. The summed E-state index contributed by atoms with van der Waals surface area (Å²) in [5.74, 6) is 0. The molecule has 0 fully saturated rings. The van der Waals surface area contributed by atoms with Crippen LogP contribution in [-0.2, 0) is 0 Å². The lowest BCUT2D eigenvalue weighted by Crippen LogP contribution is -1.47. The first-order valence-electron chi connectivity index (χ1n) is 2.00. The molecule has 0 heterocycles. The van der Waals surface area contributed by atoms with Gasteiger partial charge in [0.05, 0.1) is 0 Å². The van der Waals surface area contributed by atoms with E-state index in [-0.39, 0.29) is 43.4 Å². The first-order chi connectivity index (χ1) is 3.00. The van der Waals surface area contributed by atoms with Gasteiger partial charge in [-0.3, -0.25) is 0 Å². The van der Waals surface area contributed by atoms with Crippen molar-refractivity contribution in [1.29, 1.82) is 0 Å². The van der Waals surface area contributed by atoms with Gasteiger partial charge in [0.2, 0.25) is 0 Å². The van der Waals surface area contributed by atoms with E-state index in [0.29, 0.717) is 0 Å². The largest absolute Gasteiger partial charge is 0.344 e. The molecule has 0 aliphatic carbocycles. The highest BCUT2D eigenvalue weighted by molar-refractivity contribution is 5.86. The van der Waals surface area contributed by atoms with E-state index in [1.165, 1.54) is 0 Å². The Morgan fingerprint density at radius 3 is 0.600 bits per heavy atom. The Kier molecular flexibility index (Phi) is 36.0. The molecule has 0 saturated carbocycles. The van der Waals surface area contributed by atoms with E-state index in [4.69, 9.17) is 0 Å². The van der Waals surface area contributed by atoms with Crippen LogP contribution >= 0.6 is 37.2 Å². The first kappa shape index (κ1) is 22.5. The average molecular weight is 205 g/mol. The Labute approximate surface area is 80.0 Å². The Morgan fingerprint density at radius 1 is 0.400 bits per heavy atom. The van der Waals surface area contributed by atoms with Crippen LogP contribution in [0, 0.1) is 0 Å². The summed E-state index contributed by atoms with van der Waals surface area (Å²) in [6.45, 7) is 0. The minimum absolute atomic E-state index is 0. The molecule has 0 amide bonds. The van der Waals surface area contributed by atoms with Crippen LogP contribution in [0.2, 0.25) is 0 Å². The lowest BCUT2D eigenvalue weighted by molar-refractivity contribution is 1.72. The van der Waals surface area contributed by atoms with Gasteiger partial charge in [0.25, 0.3) is 0 Å². The topological polar surface area (TPSA) is 35.0 Å². The maximum atomic E-state index is 2.00. The Balaban J connectivity index is -0.0000000450. The Morgan fingerprint density at radius 2 is 0.500 bits per heavy atom. The van der Waals surface area contributed by atoms with Gasteiger partial charge in [0, 0.05) is 0 Å². The molecule has 0 aromatic heterocycles. The van der Waals surface area contributed by atoms with Gasteiger partial charge in [0.1, 0.15) is 0 Å². The molecule has 0 unspecified atom stereocenters. The quantitative estimate of drug-likeness (QED) is 0.692. The van der Waals surface area contributed by atoms with Crippen molar-refractivity contribution < 1.29 is 0 Å². The van der Waals surface area contributed by atoms with Crippen LogP contribution in [0.5, 0.6) is 0 Å². The van der Waals surface area contributed by atoms with Crippen LogP contribution in [-0.4, -0.2) is 0 Å².